The zero-order valence-electron chi connectivity index (χ0n) is 11.9. The average Bonchev–Trinajstić information content (AvgIpc) is 2.88. The van der Waals surface area contributed by atoms with Crippen LogP contribution in [0, 0.1) is 0 Å². The van der Waals surface area contributed by atoms with E-state index in [9.17, 15) is 4.79 Å². The van der Waals surface area contributed by atoms with Gasteiger partial charge >= 0.3 is 0 Å². The standard InChI is InChI=1S/C15H19N2O2P/c1-5-10(3)7-8-12(11(4)6-2)16-14(18)13-9-19-15(20)17-13/h5-9H,2,20H2,1,3-4H3,(H,16,18)/b8-7+,10-5+,12-11+. The molecule has 0 spiro atoms. The van der Waals surface area contributed by atoms with Gasteiger partial charge in [-0.2, -0.15) is 0 Å². The molecule has 1 rings (SSSR count). The van der Waals surface area contributed by atoms with Crippen LogP contribution < -0.4 is 10.9 Å². The van der Waals surface area contributed by atoms with Crippen molar-refractivity contribution in [3.8, 4) is 0 Å². The van der Waals surface area contributed by atoms with E-state index in [1.165, 1.54) is 6.26 Å². The molecule has 20 heavy (non-hydrogen) atoms. The van der Waals surface area contributed by atoms with Crippen molar-refractivity contribution in [1.82, 2.24) is 10.3 Å². The van der Waals surface area contributed by atoms with Gasteiger partial charge in [0.25, 0.3) is 5.91 Å². The Morgan fingerprint density at radius 2 is 2.15 bits per heavy atom. The SMILES string of the molecule is C=C\C(C)=C(/C=C/C(C)=C/C)NC(=O)c1coc(P)n1. The molecule has 1 atom stereocenters. The van der Waals surface area contributed by atoms with E-state index in [2.05, 4.69) is 26.1 Å². The van der Waals surface area contributed by atoms with Crippen LogP contribution in [-0.4, -0.2) is 10.9 Å². The summed E-state index contributed by atoms with van der Waals surface area (Å²) < 4.78 is 5.00. The molecule has 1 aromatic rings. The predicted octanol–water partition coefficient (Wildman–Crippen LogP) is 2.89. The summed E-state index contributed by atoms with van der Waals surface area (Å²) >= 11 is 0. The third kappa shape index (κ3) is 4.63. The van der Waals surface area contributed by atoms with Gasteiger partial charge in [-0.25, -0.2) is 4.98 Å². The van der Waals surface area contributed by atoms with E-state index in [1.807, 2.05) is 39.0 Å². The van der Waals surface area contributed by atoms with E-state index >= 15 is 0 Å². The van der Waals surface area contributed by atoms with Crippen molar-refractivity contribution in [2.45, 2.75) is 20.8 Å². The highest BCUT2D eigenvalue weighted by molar-refractivity contribution is 7.26. The quantitative estimate of drug-likeness (QED) is 0.670. The maximum absolute atomic E-state index is 12.0. The van der Waals surface area contributed by atoms with Crippen molar-refractivity contribution in [2.24, 2.45) is 0 Å². The molecular formula is C15H19N2O2P. The lowest BCUT2D eigenvalue weighted by atomic mass is 10.1. The Morgan fingerprint density at radius 1 is 1.45 bits per heavy atom. The topological polar surface area (TPSA) is 55.1 Å². The molecule has 1 aromatic heterocycles. The van der Waals surface area contributed by atoms with Crippen molar-refractivity contribution in [3.63, 3.8) is 0 Å². The molecule has 0 aliphatic rings. The first kappa shape index (κ1) is 16.1. The molecule has 5 heteroatoms. The van der Waals surface area contributed by atoms with Crippen LogP contribution in [0.5, 0.6) is 0 Å². The lowest BCUT2D eigenvalue weighted by Gasteiger charge is -2.07. The van der Waals surface area contributed by atoms with Gasteiger partial charge in [-0.15, -0.1) is 0 Å². The minimum atomic E-state index is -0.318. The Morgan fingerprint density at radius 3 is 2.65 bits per heavy atom. The fourth-order valence-corrected chi connectivity index (χ4v) is 1.48. The van der Waals surface area contributed by atoms with Gasteiger partial charge in [0.2, 0.25) is 5.63 Å². The molecule has 0 aliphatic carbocycles. The molecule has 1 heterocycles. The number of aromatic nitrogens is 1. The van der Waals surface area contributed by atoms with Gasteiger partial charge in [0, 0.05) is 5.70 Å². The zero-order chi connectivity index (χ0) is 15.1. The van der Waals surface area contributed by atoms with E-state index in [4.69, 9.17) is 4.42 Å². The van der Waals surface area contributed by atoms with Crippen LogP contribution in [0.25, 0.3) is 0 Å². The summed E-state index contributed by atoms with van der Waals surface area (Å²) in [6, 6.07) is 0. The average molecular weight is 290 g/mol. The molecule has 1 unspecified atom stereocenters. The van der Waals surface area contributed by atoms with Gasteiger partial charge < -0.3 is 9.73 Å². The second kappa shape index (κ2) is 7.61. The summed E-state index contributed by atoms with van der Waals surface area (Å²) in [5.74, 6) is -0.318. The summed E-state index contributed by atoms with van der Waals surface area (Å²) in [6.45, 7) is 9.53. The number of carbonyl (C=O) groups excluding carboxylic acids is 1. The lowest BCUT2D eigenvalue weighted by Crippen LogP contribution is -2.23. The third-order valence-corrected chi connectivity index (χ3v) is 2.97. The fourth-order valence-electron chi connectivity index (χ4n) is 1.27. The van der Waals surface area contributed by atoms with Gasteiger partial charge in [-0.05, 0) is 41.7 Å². The molecule has 0 radical (unpaired) electrons. The van der Waals surface area contributed by atoms with Gasteiger partial charge in [-0.1, -0.05) is 30.4 Å². The maximum Gasteiger partial charge on any atom is 0.277 e. The van der Waals surface area contributed by atoms with Crippen LogP contribution in [-0.2, 0) is 0 Å². The van der Waals surface area contributed by atoms with E-state index in [0.717, 1.165) is 11.1 Å². The monoisotopic (exact) mass is 290 g/mol. The van der Waals surface area contributed by atoms with E-state index in [-0.39, 0.29) is 11.6 Å². The van der Waals surface area contributed by atoms with E-state index in [0.29, 0.717) is 11.3 Å². The first-order chi connectivity index (χ1) is 9.47. The molecule has 0 saturated heterocycles. The van der Waals surface area contributed by atoms with E-state index in [1.54, 1.807) is 6.08 Å². The highest BCUT2D eigenvalue weighted by atomic mass is 31.0. The largest absolute Gasteiger partial charge is 0.445 e. The minimum absolute atomic E-state index is 0.237. The first-order valence-corrected chi connectivity index (χ1v) is 6.72. The number of carbonyl (C=O) groups is 1. The zero-order valence-corrected chi connectivity index (χ0v) is 13.1. The van der Waals surface area contributed by atoms with Crippen LogP contribution in [0.2, 0.25) is 0 Å². The van der Waals surface area contributed by atoms with Crippen molar-refractivity contribution in [2.75, 3.05) is 0 Å². The summed E-state index contributed by atoms with van der Waals surface area (Å²) in [6.07, 6.45) is 8.75. The number of rotatable bonds is 5. The Balaban J connectivity index is 2.95. The van der Waals surface area contributed by atoms with Gasteiger partial charge in [-0.3, -0.25) is 4.79 Å². The first-order valence-electron chi connectivity index (χ1n) is 6.14. The second-order valence-corrected chi connectivity index (χ2v) is 4.69. The molecule has 0 saturated carbocycles. The molecule has 0 aliphatic heterocycles. The molecule has 0 fully saturated rings. The summed E-state index contributed by atoms with van der Waals surface area (Å²) in [5, 5.41) is 2.80. The van der Waals surface area contributed by atoms with Crippen LogP contribution in [0.1, 0.15) is 31.3 Å². The third-order valence-electron chi connectivity index (χ3n) is 2.70. The molecule has 106 valence electrons. The second-order valence-electron chi connectivity index (χ2n) is 4.19. The molecule has 1 N–H and O–H groups in total. The Bertz CT molecular complexity index is 595. The fraction of sp³-hybridized carbons (Fsp3) is 0.200. The van der Waals surface area contributed by atoms with Crippen molar-refractivity contribution < 1.29 is 9.21 Å². The number of oxazole rings is 1. The minimum Gasteiger partial charge on any atom is -0.445 e. The van der Waals surface area contributed by atoms with Gasteiger partial charge in [0.05, 0.1) is 0 Å². The van der Waals surface area contributed by atoms with Gasteiger partial charge in [0.1, 0.15) is 6.26 Å². The number of nitrogens with one attached hydrogen (secondary N) is 1. The number of amides is 1. The summed E-state index contributed by atoms with van der Waals surface area (Å²) in [4.78, 5) is 16.0. The molecular weight excluding hydrogens is 271 g/mol. The number of hydrogen-bond donors (Lipinski definition) is 1. The lowest BCUT2D eigenvalue weighted by molar-refractivity contribution is 0.0962. The Hall–Kier alpha value is -1.93. The van der Waals surface area contributed by atoms with Crippen LogP contribution in [0.15, 0.2) is 58.4 Å². The highest BCUT2D eigenvalue weighted by Crippen LogP contribution is 2.07. The van der Waals surface area contributed by atoms with Crippen LogP contribution in [0.4, 0.5) is 0 Å². The number of allylic oxidation sites excluding steroid dienone is 6. The van der Waals surface area contributed by atoms with E-state index < -0.39 is 0 Å². The van der Waals surface area contributed by atoms with Gasteiger partial charge in [0.15, 0.2) is 5.69 Å². The Kier molecular flexibility index (Phi) is 6.13. The molecule has 0 aromatic carbocycles. The Labute approximate surface area is 121 Å². The predicted molar refractivity (Wildman–Crippen MR) is 84.8 cm³/mol. The maximum atomic E-state index is 12.0. The molecule has 4 nitrogen and oxygen atoms in total. The van der Waals surface area contributed by atoms with Crippen molar-refractivity contribution in [1.29, 1.82) is 0 Å². The van der Waals surface area contributed by atoms with Crippen molar-refractivity contribution in [3.05, 3.63) is 59.7 Å². The molecule has 0 bridgehead atoms. The number of nitrogens with zero attached hydrogens (tertiary/aromatic N) is 1. The summed E-state index contributed by atoms with van der Waals surface area (Å²) in [7, 11) is 2.30. The summed E-state index contributed by atoms with van der Waals surface area (Å²) in [5.41, 5.74) is 3.26. The normalized spacial score (nSPS) is 13.3. The van der Waals surface area contributed by atoms with Crippen LogP contribution in [0.3, 0.4) is 0 Å². The smallest absolute Gasteiger partial charge is 0.277 e. The highest BCUT2D eigenvalue weighted by Gasteiger charge is 2.11. The molecule has 1 amide bonds. The number of hydrogen-bond acceptors (Lipinski definition) is 3. The van der Waals surface area contributed by atoms with Crippen LogP contribution >= 0.6 is 9.24 Å². The van der Waals surface area contributed by atoms with Crippen molar-refractivity contribution >= 4 is 20.8 Å².